The Morgan fingerprint density at radius 2 is 1.41 bits per heavy atom. The van der Waals surface area contributed by atoms with Crippen LogP contribution < -0.4 is 9.47 Å². The summed E-state index contributed by atoms with van der Waals surface area (Å²) in [5, 5.41) is 0. The lowest BCUT2D eigenvalue weighted by Crippen LogP contribution is -2.12. The molecule has 0 saturated carbocycles. The standard InChI is InChI=1S/C24H23NO2/c1-3-20(18-26-22-10-6-4-7-11-22)24(27-23-12-8-5-9-13-23)25-21-16-14-19(2)15-17-21/h4-18H,3H2,1-2H3. The quantitative estimate of drug-likeness (QED) is 0.287. The molecule has 3 aromatic carbocycles. The molecule has 0 aliphatic carbocycles. The van der Waals surface area contributed by atoms with Crippen LogP contribution in [0.3, 0.4) is 0 Å². The van der Waals surface area contributed by atoms with Crippen LogP contribution in [0.5, 0.6) is 11.5 Å². The maximum atomic E-state index is 6.09. The van der Waals surface area contributed by atoms with Crippen LogP contribution in [0.4, 0.5) is 5.69 Å². The molecule has 0 saturated heterocycles. The summed E-state index contributed by atoms with van der Waals surface area (Å²) in [6, 6.07) is 27.4. The third-order valence-electron chi connectivity index (χ3n) is 3.96. The van der Waals surface area contributed by atoms with Crippen LogP contribution in [0, 0.1) is 6.92 Å². The molecular formula is C24H23NO2. The number of aliphatic imine (C=N–C) groups is 1. The highest BCUT2D eigenvalue weighted by Crippen LogP contribution is 2.20. The van der Waals surface area contributed by atoms with Gasteiger partial charge in [0.2, 0.25) is 5.90 Å². The molecule has 0 spiro atoms. The van der Waals surface area contributed by atoms with Crippen LogP contribution in [0.25, 0.3) is 0 Å². The van der Waals surface area contributed by atoms with Crippen molar-refractivity contribution in [3.8, 4) is 11.5 Å². The van der Waals surface area contributed by atoms with Gasteiger partial charge in [-0.1, -0.05) is 61.0 Å². The van der Waals surface area contributed by atoms with Crippen molar-refractivity contribution in [2.45, 2.75) is 20.3 Å². The number of ether oxygens (including phenoxy) is 2. The van der Waals surface area contributed by atoms with Crippen molar-refractivity contribution < 1.29 is 9.47 Å². The Kier molecular flexibility index (Phi) is 6.42. The molecular weight excluding hydrogens is 334 g/mol. The number of benzene rings is 3. The predicted molar refractivity (Wildman–Crippen MR) is 111 cm³/mol. The molecule has 0 aromatic heterocycles. The van der Waals surface area contributed by atoms with Crippen LogP contribution in [-0.4, -0.2) is 5.90 Å². The van der Waals surface area contributed by atoms with Gasteiger partial charge >= 0.3 is 0 Å². The Bertz CT molecular complexity index is 898. The van der Waals surface area contributed by atoms with E-state index < -0.39 is 0 Å². The zero-order valence-electron chi connectivity index (χ0n) is 15.6. The van der Waals surface area contributed by atoms with E-state index in [-0.39, 0.29) is 0 Å². The summed E-state index contributed by atoms with van der Waals surface area (Å²) in [4.78, 5) is 4.72. The molecule has 0 heterocycles. The van der Waals surface area contributed by atoms with Crippen LogP contribution in [-0.2, 0) is 0 Å². The van der Waals surface area contributed by atoms with E-state index in [0.717, 1.165) is 29.2 Å². The van der Waals surface area contributed by atoms with Gasteiger partial charge in [0.15, 0.2) is 0 Å². The van der Waals surface area contributed by atoms with Crippen LogP contribution in [0.15, 0.2) is 102 Å². The number of rotatable bonds is 6. The average Bonchev–Trinajstić information content (AvgIpc) is 2.71. The monoisotopic (exact) mass is 357 g/mol. The predicted octanol–water partition coefficient (Wildman–Crippen LogP) is 6.48. The summed E-state index contributed by atoms with van der Waals surface area (Å²) >= 11 is 0. The maximum absolute atomic E-state index is 6.09. The lowest BCUT2D eigenvalue weighted by atomic mass is 10.2. The Morgan fingerprint density at radius 1 is 0.815 bits per heavy atom. The highest BCUT2D eigenvalue weighted by Gasteiger charge is 2.10. The van der Waals surface area contributed by atoms with E-state index in [1.165, 1.54) is 5.56 Å². The first-order valence-corrected chi connectivity index (χ1v) is 9.04. The normalized spacial score (nSPS) is 11.9. The van der Waals surface area contributed by atoms with Gasteiger partial charge in [-0.05, 0) is 49.7 Å². The lowest BCUT2D eigenvalue weighted by Gasteiger charge is -2.12. The molecule has 3 rings (SSSR count). The van der Waals surface area contributed by atoms with E-state index in [2.05, 4.69) is 13.8 Å². The van der Waals surface area contributed by atoms with Crippen molar-refractivity contribution in [2.75, 3.05) is 0 Å². The minimum absolute atomic E-state index is 0.531. The molecule has 0 N–H and O–H groups in total. The molecule has 3 nitrogen and oxygen atoms in total. The first-order valence-electron chi connectivity index (χ1n) is 9.04. The third-order valence-corrected chi connectivity index (χ3v) is 3.96. The maximum Gasteiger partial charge on any atom is 0.226 e. The molecule has 0 atom stereocenters. The second kappa shape index (κ2) is 9.39. The smallest absolute Gasteiger partial charge is 0.226 e. The number of aryl methyl sites for hydroxylation is 1. The molecule has 0 amide bonds. The Labute approximate surface area is 160 Å². The van der Waals surface area contributed by atoms with E-state index in [1.54, 1.807) is 6.26 Å². The van der Waals surface area contributed by atoms with Gasteiger partial charge in [0, 0.05) is 5.57 Å². The highest BCUT2D eigenvalue weighted by molar-refractivity contribution is 5.96. The van der Waals surface area contributed by atoms with Gasteiger partial charge in [0.25, 0.3) is 0 Å². The first-order chi connectivity index (χ1) is 13.2. The fraction of sp³-hybridized carbons (Fsp3) is 0.125. The average molecular weight is 357 g/mol. The molecule has 0 bridgehead atoms. The zero-order valence-corrected chi connectivity index (χ0v) is 15.6. The molecule has 136 valence electrons. The summed E-state index contributed by atoms with van der Waals surface area (Å²) in [5.74, 6) is 2.05. The Balaban J connectivity index is 1.92. The van der Waals surface area contributed by atoms with Gasteiger partial charge < -0.3 is 9.47 Å². The zero-order chi connectivity index (χ0) is 18.9. The molecule has 0 radical (unpaired) electrons. The van der Waals surface area contributed by atoms with Crippen molar-refractivity contribution in [1.82, 2.24) is 0 Å². The van der Waals surface area contributed by atoms with E-state index in [0.29, 0.717) is 5.90 Å². The molecule has 0 unspecified atom stereocenters. The van der Waals surface area contributed by atoms with Crippen molar-refractivity contribution >= 4 is 11.6 Å². The fourth-order valence-corrected chi connectivity index (χ4v) is 2.42. The van der Waals surface area contributed by atoms with E-state index in [9.17, 15) is 0 Å². The minimum atomic E-state index is 0.531. The Morgan fingerprint density at radius 3 is 2.00 bits per heavy atom. The van der Waals surface area contributed by atoms with Crippen molar-refractivity contribution in [1.29, 1.82) is 0 Å². The number of para-hydroxylation sites is 2. The van der Waals surface area contributed by atoms with Gasteiger partial charge in [-0.15, -0.1) is 0 Å². The van der Waals surface area contributed by atoms with Crippen molar-refractivity contribution in [3.05, 3.63) is 102 Å². The Hall–Kier alpha value is -3.33. The summed E-state index contributed by atoms with van der Waals surface area (Å²) in [6.07, 6.45) is 2.44. The molecule has 0 aliphatic rings. The van der Waals surface area contributed by atoms with Crippen LogP contribution in [0.2, 0.25) is 0 Å². The fourth-order valence-electron chi connectivity index (χ4n) is 2.42. The topological polar surface area (TPSA) is 30.8 Å². The van der Waals surface area contributed by atoms with Crippen LogP contribution >= 0.6 is 0 Å². The van der Waals surface area contributed by atoms with Crippen molar-refractivity contribution in [3.63, 3.8) is 0 Å². The van der Waals surface area contributed by atoms with Gasteiger partial charge in [0.1, 0.15) is 11.5 Å². The number of hydrogen-bond donors (Lipinski definition) is 0. The van der Waals surface area contributed by atoms with Crippen molar-refractivity contribution in [2.24, 2.45) is 4.99 Å². The second-order valence-corrected chi connectivity index (χ2v) is 6.10. The molecule has 0 aliphatic heterocycles. The lowest BCUT2D eigenvalue weighted by molar-refractivity contribution is 0.471. The SMILES string of the molecule is CCC(=COc1ccccc1)C(=Nc1ccc(C)cc1)Oc1ccccc1. The van der Waals surface area contributed by atoms with Crippen LogP contribution in [0.1, 0.15) is 18.9 Å². The van der Waals surface area contributed by atoms with E-state index >= 15 is 0 Å². The molecule has 27 heavy (non-hydrogen) atoms. The molecule has 3 heteroatoms. The largest absolute Gasteiger partial charge is 0.465 e. The van der Waals surface area contributed by atoms with Gasteiger partial charge in [0.05, 0.1) is 11.9 Å². The molecule has 3 aromatic rings. The second-order valence-electron chi connectivity index (χ2n) is 6.10. The van der Waals surface area contributed by atoms with Gasteiger partial charge in [-0.2, -0.15) is 0 Å². The third kappa shape index (κ3) is 5.58. The van der Waals surface area contributed by atoms with Gasteiger partial charge in [-0.25, -0.2) is 4.99 Å². The van der Waals surface area contributed by atoms with E-state index in [1.807, 2.05) is 84.9 Å². The summed E-state index contributed by atoms with van der Waals surface area (Å²) < 4.78 is 11.9. The van der Waals surface area contributed by atoms with Gasteiger partial charge in [-0.3, -0.25) is 0 Å². The first kappa shape index (κ1) is 18.5. The number of hydrogen-bond acceptors (Lipinski definition) is 3. The molecule has 0 fully saturated rings. The summed E-state index contributed by atoms with van der Waals surface area (Å²) in [5.41, 5.74) is 2.91. The minimum Gasteiger partial charge on any atom is -0.465 e. The summed E-state index contributed by atoms with van der Waals surface area (Å²) in [7, 11) is 0. The summed E-state index contributed by atoms with van der Waals surface area (Å²) in [6.45, 7) is 4.11. The number of nitrogens with zero attached hydrogens (tertiary/aromatic N) is 1. The highest BCUT2D eigenvalue weighted by atomic mass is 16.5. The van der Waals surface area contributed by atoms with E-state index in [4.69, 9.17) is 14.5 Å².